The molecule has 0 amide bonds. The zero-order valence-corrected chi connectivity index (χ0v) is 11.4. The van der Waals surface area contributed by atoms with E-state index in [-0.39, 0.29) is 24.8 Å². The van der Waals surface area contributed by atoms with Gasteiger partial charge < -0.3 is 0 Å². The number of nitrogens with zero attached hydrogens (tertiary/aromatic N) is 3. The first kappa shape index (κ1) is 17.0. The van der Waals surface area contributed by atoms with Gasteiger partial charge in [-0.1, -0.05) is 32.7 Å². The van der Waals surface area contributed by atoms with E-state index in [2.05, 4.69) is 39.8 Å². The van der Waals surface area contributed by atoms with Crippen molar-refractivity contribution in [1.82, 2.24) is 9.97 Å². The Morgan fingerprint density at radius 1 is 1.05 bits per heavy atom. The summed E-state index contributed by atoms with van der Waals surface area (Å²) in [6.07, 6.45) is 5.11. The molecule has 2 rings (SSSR count). The van der Waals surface area contributed by atoms with Crippen LogP contribution in [0.4, 0.5) is 11.8 Å². The molecule has 22 heavy (non-hydrogen) atoms. The summed E-state index contributed by atoms with van der Waals surface area (Å²) in [7, 11) is 0. The van der Waals surface area contributed by atoms with Gasteiger partial charge in [0.25, 0.3) is 5.56 Å². The number of hydrogen-bond donors (Lipinski definition) is 1. The Bertz CT molecular complexity index is 761. The van der Waals surface area contributed by atoms with Crippen LogP contribution in [-0.4, -0.2) is 22.9 Å². The van der Waals surface area contributed by atoms with Crippen molar-refractivity contribution in [2.75, 3.05) is 0 Å². The van der Waals surface area contributed by atoms with Crippen molar-refractivity contribution in [2.45, 2.75) is 7.43 Å². The summed E-state index contributed by atoms with van der Waals surface area (Å²) in [5, 5.41) is 0. The van der Waals surface area contributed by atoms with Crippen molar-refractivity contribution in [1.29, 1.82) is 0 Å². The minimum Gasteiger partial charge on any atom is -0.291 e. The lowest BCUT2D eigenvalue weighted by Crippen LogP contribution is -2.03. The summed E-state index contributed by atoms with van der Waals surface area (Å²) in [5.74, 6) is 0.409. The lowest BCUT2D eigenvalue weighted by atomic mass is 10.1. The molecule has 0 unspecified atom stereocenters. The van der Waals surface area contributed by atoms with E-state index in [4.69, 9.17) is 0 Å². The van der Waals surface area contributed by atoms with Crippen LogP contribution in [0.3, 0.4) is 0 Å². The summed E-state index contributed by atoms with van der Waals surface area (Å²) in [6, 6.07) is 7.09. The van der Waals surface area contributed by atoms with Crippen LogP contribution in [0.15, 0.2) is 52.2 Å². The van der Waals surface area contributed by atoms with E-state index >= 15 is 0 Å². The van der Waals surface area contributed by atoms with Crippen LogP contribution >= 0.6 is 0 Å². The number of benzene rings is 1. The minimum atomic E-state index is -0.328. The molecule has 0 aliphatic heterocycles. The van der Waals surface area contributed by atoms with E-state index in [0.717, 1.165) is 16.7 Å². The van der Waals surface area contributed by atoms with E-state index in [1.807, 2.05) is 18.2 Å². The highest BCUT2D eigenvalue weighted by molar-refractivity contribution is 5.84. The van der Waals surface area contributed by atoms with Crippen LogP contribution in [0, 0.1) is 0 Å². The van der Waals surface area contributed by atoms with E-state index in [0.29, 0.717) is 0 Å². The highest BCUT2D eigenvalue weighted by Crippen LogP contribution is 2.13. The number of rotatable bonds is 5. The van der Waals surface area contributed by atoms with Crippen molar-refractivity contribution in [2.24, 2.45) is 9.98 Å². The van der Waals surface area contributed by atoms with Gasteiger partial charge in [-0.15, -0.1) is 0 Å². The molecule has 1 aromatic heterocycles. The lowest BCUT2D eigenvalue weighted by Gasteiger charge is -2.01. The molecular weight excluding hydrogens is 276 g/mol. The summed E-state index contributed by atoms with van der Waals surface area (Å²) in [6.45, 7) is 10.8. The quantitative estimate of drug-likeness (QED) is 0.852. The zero-order valence-electron chi connectivity index (χ0n) is 11.4. The van der Waals surface area contributed by atoms with Crippen LogP contribution in [0.1, 0.15) is 24.1 Å². The molecule has 0 spiro atoms. The number of H-pyrrole nitrogens is 1. The maximum atomic E-state index is 11.4. The van der Waals surface area contributed by atoms with Crippen molar-refractivity contribution in [3.63, 3.8) is 0 Å². The Kier molecular flexibility index (Phi) is 5.89. The predicted octanol–water partition coefficient (Wildman–Crippen LogP) is 3.77. The third kappa shape index (κ3) is 4.21. The second-order valence-electron chi connectivity index (χ2n) is 4.18. The molecule has 0 radical (unpaired) electrons. The number of nitrogens with one attached hydrogen (secondary N) is 1. The van der Waals surface area contributed by atoms with Gasteiger partial charge in [0.15, 0.2) is 5.82 Å². The first-order chi connectivity index (χ1) is 10.1. The number of aromatic amines is 1. The van der Waals surface area contributed by atoms with Gasteiger partial charge in [0, 0.05) is 12.3 Å². The van der Waals surface area contributed by atoms with Gasteiger partial charge in [0.2, 0.25) is 5.95 Å². The monoisotopic (exact) mass is 294 g/mol. The van der Waals surface area contributed by atoms with Gasteiger partial charge in [0.1, 0.15) is 0 Å². The smallest absolute Gasteiger partial charge is 0.254 e. The van der Waals surface area contributed by atoms with Gasteiger partial charge in [-0.25, -0.2) is 9.98 Å². The molecule has 112 valence electrons. The molecule has 0 saturated carbocycles. The van der Waals surface area contributed by atoms with Gasteiger partial charge in [-0.05, 0) is 41.6 Å². The second kappa shape index (κ2) is 7.64. The lowest BCUT2D eigenvalue weighted by molar-refractivity contribution is 1.09. The van der Waals surface area contributed by atoms with Crippen LogP contribution in [0.2, 0.25) is 0 Å². The van der Waals surface area contributed by atoms with Gasteiger partial charge in [-0.2, -0.15) is 4.98 Å². The predicted molar refractivity (Wildman–Crippen MR) is 94.7 cm³/mol. The summed E-state index contributed by atoms with van der Waals surface area (Å²) in [5.41, 5.74) is 2.45. The fourth-order valence-corrected chi connectivity index (χ4v) is 1.73. The molecule has 0 atom stereocenters. The van der Waals surface area contributed by atoms with Crippen LogP contribution < -0.4 is 5.56 Å². The molecule has 0 aliphatic rings. The maximum absolute atomic E-state index is 11.4. The number of aliphatic imine (C=N–C) groups is 2. The number of aromatic nitrogens is 2. The molecule has 0 aliphatic carbocycles. The zero-order chi connectivity index (χ0) is 15.2. The van der Waals surface area contributed by atoms with Crippen LogP contribution in [0.25, 0.3) is 12.2 Å². The molecule has 1 N–H and O–H groups in total. The van der Waals surface area contributed by atoms with Gasteiger partial charge in [-0.3, -0.25) is 9.78 Å². The third-order valence-electron chi connectivity index (χ3n) is 2.68. The van der Waals surface area contributed by atoms with E-state index in [9.17, 15) is 4.79 Å². The van der Waals surface area contributed by atoms with Crippen LogP contribution in [-0.2, 0) is 0 Å². The Morgan fingerprint density at radius 3 is 2.18 bits per heavy atom. The molecule has 0 bridgehead atoms. The fourth-order valence-electron chi connectivity index (χ4n) is 1.73. The van der Waals surface area contributed by atoms with Crippen molar-refractivity contribution < 1.29 is 0 Å². The Hall–Kier alpha value is -3.08. The van der Waals surface area contributed by atoms with E-state index < -0.39 is 0 Å². The summed E-state index contributed by atoms with van der Waals surface area (Å²) in [4.78, 5) is 25.6. The second-order valence-corrected chi connectivity index (χ2v) is 4.18. The summed E-state index contributed by atoms with van der Waals surface area (Å²) >= 11 is 0. The molecule has 5 nitrogen and oxygen atoms in total. The standard InChI is InChI=1S/C16H14N4O.CH4/c1-4-11-6-12(5-2)8-13(7-11)10-18-14-9-15(21)20-16(17-3)19-14;/h4-10H,1-3H2,(H,19,20,21);1H4. The van der Waals surface area contributed by atoms with Crippen LogP contribution in [0.5, 0.6) is 0 Å². The molecule has 5 heteroatoms. The van der Waals surface area contributed by atoms with Crippen molar-refractivity contribution >= 4 is 36.9 Å². The molecule has 1 heterocycles. The average Bonchev–Trinajstić information content (AvgIpc) is 2.51. The average molecular weight is 294 g/mol. The molecular formula is C17H18N4O. The minimum absolute atomic E-state index is 0. The fraction of sp³-hybridized carbons (Fsp3) is 0.0588. The SMILES string of the molecule is C.C=Cc1cc(C=C)cc(C=Nc2cc(=O)[nH]c(N=C)n2)c1. The molecule has 2 aromatic rings. The van der Waals surface area contributed by atoms with Crippen molar-refractivity contribution in [3.05, 3.63) is 64.5 Å². The Balaban J connectivity index is 0.00000242. The summed E-state index contributed by atoms with van der Waals surface area (Å²) < 4.78 is 0. The highest BCUT2D eigenvalue weighted by Gasteiger charge is 1.98. The topological polar surface area (TPSA) is 70.5 Å². The largest absolute Gasteiger partial charge is 0.291 e. The molecule has 1 aromatic carbocycles. The Morgan fingerprint density at radius 2 is 1.64 bits per heavy atom. The van der Waals surface area contributed by atoms with E-state index in [1.165, 1.54) is 6.07 Å². The van der Waals surface area contributed by atoms with Crippen molar-refractivity contribution in [3.8, 4) is 0 Å². The molecule has 0 fully saturated rings. The van der Waals surface area contributed by atoms with E-state index in [1.54, 1.807) is 18.4 Å². The van der Waals surface area contributed by atoms with Gasteiger partial charge >= 0.3 is 0 Å². The normalized spacial score (nSPS) is 10.0. The molecule has 0 saturated heterocycles. The first-order valence-corrected chi connectivity index (χ1v) is 6.16. The maximum Gasteiger partial charge on any atom is 0.254 e. The highest BCUT2D eigenvalue weighted by atomic mass is 16.1. The third-order valence-corrected chi connectivity index (χ3v) is 2.68. The first-order valence-electron chi connectivity index (χ1n) is 6.16. The Labute approximate surface area is 129 Å². The van der Waals surface area contributed by atoms with Gasteiger partial charge in [0.05, 0.1) is 0 Å². The number of hydrogen-bond acceptors (Lipinski definition) is 4.